The second kappa shape index (κ2) is 4.50. The van der Waals surface area contributed by atoms with E-state index in [4.69, 9.17) is 4.74 Å². The van der Waals surface area contributed by atoms with Crippen LogP contribution in [0.5, 0.6) is 0 Å². The number of ether oxygens (including phenoxy) is 1. The first-order valence-corrected chi connectivity index (χ1v) is 7.11. The van der Waals surface area contributed by atoms with Crippen LogP contribution in [0.2, 0.25) is 0 Å². The zero-order valence-corrected chi connectivity index (χ0v) is 11.3. The summed E-state index contributed by atoms with van der Waals surface area (Å²) in [5, 5.41) is 10.7. The number of nitrogens with zero attached hydrogens (tertiary/aromatic N) is 3. The number of carbonyl (C=O) groups is 1. The van der Waals surface area contributed by atoms with Gasteiger partial charge in [0.05, 0.1) is 18.8 Å². The molecule has 2 unspecified atom stereocenters. The molecular weight excluding hydrogens is 266 g/mol. The van der Waals surface area contributed by atoms with E-state index in [0.29, 0.717) is 17.4 Å². The monoisotopic (exact) mass is 279 g/mol. The van der Waals surface area contributed by atoms with Crippen LogP contribution < -0.4 is 0 Å². The van der Waals surface area contributed by atoms with E-state index >= 15 is 0 Å². The Labute approximate surface area is 113 Å². The fourth-order valence-electron chi connectivity index (χ4n) is 2.25. The van der Waals surface area contributed by atoms with Crippen molar-refractivity contribution in [3.05, 3.63) is 18.0 Å². The smallest absolute Gasteiger partial charge is 0.352 e. The highest BCUT2D eigenvalue weighted by molar-refractivity contribution is 7.98. The van der Waals surface area contributed by atoms with Gasteiger partial charge in [0.25, 0.3) is 0 Å². The average molecular weight is 279 g/mol. The Morgan fingerprint density at radius 1 is 1.63 bits per heavy atom. The molecule has 0 amide bonds. The highest BCUT2D eigenvalue weighted by Gasteiger charge is 2.34. The first kappa shape index (κ1) is 12.4. The van der Waals surface area contributed by atoms with Crippen molar-refractivity contribution in [3.8, 4) is 0 Å². The number of carboxylic acids is 1. The van der Waals surface area contributed by atoms with Crippen LogP contribution in [0.1, 0.15) is 23.5 Å². The van der Waals surface area contributed by atoms with Crippen LogP contribution in [0.3, 0.4) is 0 Å². The SMILES string of the molecule is CSc1ncc2cc(C(=O)O)n(C3COC3C)c2n1. The molecule has 1 N–H and O–H groups in total. The van der Waals surface area contributed by atoms with Gasteiger partial charge in [-0.1, -0.05) is 11.8 Å². The Hall–Kier alpha value is -1.60. The molecule has 1 aliphatic heterocycles. The predicted octanol–water partition coefficient (Wildman–Crippen LogP) is 1.81. The Morgan fingerprint density at radius 2 is 2.42 bits per heavy atom. The first-order chi connectivity index (χ1) is 9.11. The standard InChI is InChI=1S/C12H13N3O3S/c1-6-9(5-18-6)15-8(11(16)17)3-7-4-13-12(19-2)14-10(7)15/h3-4,6,9H,5H2,1-2H3,(H,16,17). The molecule has 100 valence electrons. The molecule has 19 heavy (non-hydrogen) atoms. The molecular formula is C12H13N3O3S. The Morgan fingerprint density at radius 3 is 2.95 bits per heavy atom. The van der Waals surface area contributed by atoms with Gasteiger partial charge in [0, 0.05) is 11.6 Å². The highest BCUT2D eigenvalue weighted by atomic mass is 32.2. The Balaban J connectivity index is 2.24. The van der Waals surface area contributed by atoms with Crippen molar-refractivity contribution in [1.82, 2.24) is 14.5 Å². The van der Waals surface area contributed by atoms with Crippen LogP contribution in [0.15, 0.2) is 17.4 Å². The number of rotatable bonds is 3. The Bertz CT molecular complexity index is 655. The van der Waals surface area contributed by atoms with Gasteiger partial charge in [-0.15, -0.1) is 0 Å². The average Bonchev–Trinajstić information content (AvgIpc) is 2.76. The fraction of sp³-hybridized carbons (Fsp3) is 0.417. The number of aromatic nitrogens is 3. The van der Waals surface area contributed by atoms with Crippen molar-refractivity contribution in [2.24, 2.45) is 0 Å². The molecule has 3 rings (SSSR count). The molecule has 2 aromatic rings. The van der Waals surface area contributed by atoms with E-state index in [2.05, 4.69) is 9.97 Å². The van der Waals surface area contributed by atoms with Gasteiger partial charge in [-0.2, -0.15) is 0 Å². The zero-order valence-electron chi connectivity index (χ0n) is 10.5. The minimum absolute atomic E-state index is 0.00129. The molecule has 0 bridgehead atoms. The number of hydrogen-bond donors (Lipinski definition) is 1. The molecule has 6 nitrogen and oxygen atoms in total. The van der Waals surface area contributed by atoms with Gasteiger partial charge in [0.2, 0.25) is 0 Å². The maximum atomic E-state index is 11.4. The van der Waals surface area contributed by atoms with E-state index in [0.717, 1.165) is 5.39 Å². The third-order valence-electron chi connectivity index (χ3n) is 3.36. The van der Waals surface area contributed by atoms with Gasteiger partial charge >= 0.3 is 5.97 Å². The van der Waals surface area contributed by atoms with Crippen molar-refractivity contribution in [3.63, 3.8) is 0 Å². The lowest BCUT2D eigenvalue weighted by Gasteiger charge is -2.36. The van der Waals surface area contributed by atoms with Crippen molar-refractivity contribution in [2.45, 2.75) is 24.2 Å². The lowest BCUT2D eigenvalue weighted by atomic mass is 10.1. The van der Waals surface area contributed by atoms with Crippen LogP contribution in [0, 0.1) is 0 Å². The number of carboxylic acid groups (broad SMARTS) is 1. The first-order valence-electron chi connectivity index (χ1n) is 5.88. The topological polar surface area (TPSA) is 77.2 Å². The Kier molecular flexibility index (Phi) is 2.94. The maximum absolute atomic E-state index is 11.4. The third-order valence-corrected chi connectivity index (χ3v) is 3.92. The number of thioether (sulfide) groups is 1. The summed E-state index contributed by atoms with van der Waals surface area (Å²) in [7, 11) is 0. The van der Waals surface area contributed by atoms with Gasteiger partial charge in [0.1, 0.15) is 11.3 Å². The summed E-state index contributed by atoms with van der Waals surface area (Å²) < 4.78 is 7.10. The summed E-state index contributed by atoms with van der Waals surface area (Å²) in [5.41, 5.74) is 0.902. The maximum Gasteiger partial charge on any atom is 0.352 e. The molecule has 1 aliphatic rings. The summed E-state index contributed by atoms with van der Waals surface area (Å²) in [6, 6.07) is 1.64. The second-order valence-electron chi connectivity index (χ2n) is 4.45. The normalized spacial score (nSPS) is 22.4. The van der Waals surface area contributed by atoms with Crippen LogP contribution in [-0.2, 0) is 4.74 Å². The number of hydrogen-bond acceptors (Lipinski definition) is 5. The van der Waals surface area contributed by atoms with Crippen molar-refractivity contribution in [2.75, 3.05) is 12.9 Å². The van der Waals surface area contributed by atoms with Gasteiger partial charge < -0.3 is 14.4 Å². The summed E-state index contributed by atoms with van der Waals surface area (Å²) in [4.78, 5) is 20.0. The fourth-order valence-corrected chi connectivity index (χ4v) is 2.59. The van der Waals surface area contributed by atoms with Gasteiger partial charge in [-0.05, 0) is 19.2 Å². The molecule has 1 saturated heterocycles. The second-order valence-corrected chi connectivity index (χ2v) is 5.22. The van der Waals surface area contributed by atoms with Crippen LogP contribution in [0.25, 0.3) is 11.0 Å². The van der Waals surface area contributed by atoms with E-state index in [1.54, 1.807) is 16.8 Å². The van der Waals surface area contributed by atoms with Crippen molar-refractivity contribution >= 4 is 28.8 Å². The molecule has 0 saturated carbocycles. The molecule has 0 radical (unpaired) electrons. The third kappa shape index (κ3) is 1.89. The van der Waals surface area contributed by atoms with Crippen molar-refractivity contribution < 1.29 is 14.6 Å². The zero-order chi connectivity index (χ0) is 13.6. The van der Waals surface area contributed by atoms with E-state index in [1.807, 2.05) is 13.2 Å². The molecule has 7 heteroatoms. The predicted molar refractivity (Wildman–Crippen MR) is 70.7 cm³/mol. The minimum Gasteiger partial charge on any atom is -0.477 e. The van der Waals surface area contributed by atoms with E-state index < -0.39 is 5.97 Å². The van der Waals surface area contributed by atoms with Gasteiger partial charge in [-0.3, -0.25) is 0 Å². The molecule has 0 spiro atoms. The molecule has 2 atom stereocenters. The minimum atomic E-state index is -0.956. The van der Waals surface area contributed by atoms with Crippen LogP contribution in [-0.4, -0.2) is 44.6 Å². The lowest BCUT2D eigenvalue weighted by Crippen LogP contribution is -2.40. The number of aromatic carboxylic acids is 1. The lowest BCUT2D eigenvalue weighted by molar-refractivity contribution is -0.0922. The van der Waals surface area contributed by atoms with Crippen molar-refractivity contribution in [1.29, 1.82) is 0 Å². The molecule has 0 aromatic carbocycles. The largest absolute Gasteiger partial charge is 0.477 e. The number of fused-ring (bicyclic) bond motifs is 1. The molecule has 2 aromatic heterocycles. The van der Waals surface area contributed by atoms with Gasteiger partial charge in [0.15, 0.2) is 5.16 Å². The quantitative estimate of drug-likeness (QED) is 0.682. The molecule has 0 aliphatic carbocycles. The summed E-state index contributed by atoms with van der Waals surface area (Å²) in [6.45, 7) is 2.45. The molecule has 1 fully saturated rings. The van der Waals surface area contributed by atoms with E-state index in [9.17, 15) is 9.90 Å². The summed E-state index contributed by atoms with van der Waals surface area (Å²) >= 11 is 1.43. The van der Waals surface area contributed by atoms with Gasteiger partial charge in [-0.25, -0.2) is 14.8 Å². The summed E-state index contributed by atoms with van der Waals surface area (Å²) in [6.07, 6.45) is 3.56. The summed E-state index contributed by atoms with van der Waals surface area (Å²) in [5.74, 6) is -0.956. The van der Waals surface area contributed by atoms with E-state index in [-0.39, 0.29) is 17.8 Å². The highest BCUT2D eigenvalue weighted by Crippen LogP contribution is 2.32. The van der Waals surface area contributed by atoms with Crippen LogP contribution in [0.4, 0.5) is 0 Å². The van der Waals surface area contributed by atoms with Crippen LogP contribution >= 0.6 is 11.8 Å². The van der Waals surface area contributed by atoms with E-state index in [1.165, 1.54) is 11.8 Å². The molecule has 3 heterocycles.